The maximum absolute atomic E-state index is 10.7. The molecule has 2 aliphatic heterocycles. The monoisotopic (exact) mass is 344 g/mol. The molecular weight excluding hydrogens is 316 g/mol. The lowest BCUT2D eigenvalue weighted by Crippen LogP contribution is -2.50. The molecule has 0 aromatic heterocycles. The third-order valence-electron chi connectivity index (χ3n) is 5.07. The summed E-state index contributed by atoms with van der Waals surface area (Å²) in [5, 5.41) is 38.9. The molecule has 0 aromatic carbocycles. The normalized spacial score (nSPS) is 39.3. The van der Waals surface area contributed by atoms with Gasteiger partial charge in [0.05, 0.1) is 37.1 Å². The van der Waals surface area contributed by atoms with Crippen LogP contribution in [0.2, 0.25) is 0 Å². The number of carboxylic acid groups (broad SMARTS) is 1. The summed E-state index contributed by atoms with van der Waals surface area (Å²) in [5.41, 5.74) is 0.577. The van der Waals surface area contributed by atoms with Crippen LogP contribution in [0.4, 0.5) is 0 Å². The van der Waals surface area contributed by atoms with Crippen molar-refractivity contribution in [3.8, 4) is 0 Å². The van der Waals surface area contributed by atoms with Gasteiger partial charge < -0.3 is 29.9 Å². The van der Waals surface area contributed by atoms with E-state index in [9.17, 15) is 20.1 Å². The van der Waals surface area contributed by atoms with Gasteiger partial charge in [0.15, 0.2) is 0 Å². The van der Waals surface area contributed by atoms with Crippen molar-refractivity contribution < 1.29 is 34.7 Å². The average molecular weight is 344 g/mol. The minimum absolute atomic E-state index is 0.0205. The largest absolute Gasteiger partial charge is 0.478 e. The molecule has 0 amide bonds. The highest BCUT2D eigenvalue weighted by Gasteiger charge is 2.48. The zero-order valence-electron chi connectivity index (χ0n) is 14.3. The van der Waals surface area contributed by atoms with Crippen molar-refractivity contribution in [3.05, 3.63) is 11.6 Å². The van der Waals surface area contributed by atoms with Crippen LogP contribution in [0.25, 0.3) is 0 Å². The molecule has 2 rings (SSSR count). The summed E-state index contributed by atoms with van der Waals surface area (Å²) in [6.45, 7) is 5.59. The summed E-state index contributed by atoms with van der Waals surface area (Å²) in [7, 11) is 0. The lowest BCUT2D eigenvalue weighted by Gasteiger charge is -2.37. The zero-order valence-corrected chi connectivity index (χ0v) is 14.3. The predicted octanol–water partition coefficient (Wildman–Crippen LogP) is 0.319. The van der Waals surface area contributed by atoms with Gasteiger partial charge in [0.25, 0.3) is 0 Å². The lowest BCUT2D eigenvalue weighted by molar-refractivity contribution is -0.165. The van der Waals surface area contributed by atoms with E-state index in [0.717, 1.165) is 6.08 Å². The number of aliphatic hydroxyl groups is 3. The summed E-state index contributed by atoms with van der Waals surface area (Å²) in [5.74, 6) is -1.25. The van der Waals surface area contributed by atoms with Crippen molar-refractivity contribution in [2.24, 2.45) is 11.8 Å². The molecule has 2 aliphatic rings. The number of carbonyl (C=O) groups is 1. The van der Waals surface area contributed by atoms with Gasteiger partial charge in [-0.1, -0.05) is 12.5 Å². The van der Waals surface area contributed by atoms with Crippen LogP contribution in [0.5, 0.6) is 0 Å². The van der Waals surface area contributed by atoms with Gasteiger partial charge >= 0.3 is 5.97 Å². The Labute approximate surface area is 141 Å². The van der Waals surface area contributed by atoms with Crippen LogP contribution in [0.1, 0.15) is 33.6 Å². The van der Waals surface area contributed by atoms with Crippen molar-refractivity contribution >= 4 is 5.97 Å². The fraction of sp³-hybridized carbons (Fsp3) is 0.824. The molecule has 0 bridgehead atoms. The molecular formula is C17H28O7. The van der Waals surface area contributed by atoms with E-state index >= 15 is 0 Å². The van der Waals surface area contributed by atoms with Crippen LogP contribution in [0.3, 0.4) is 0 Å². The van der Waals surface area contributed by atoms with E-state index in [0.29, 0.717) is 18.6 Å². The highest BCUT2D eigenvalue weighted by Crippen LogP contribution is 2.38. The summed E-state index contributed by atoms with van der Waals surface area (Å²) < 4.78 is 11.2. The maximum atomic E-state index is 10.7. The Bertz CT molecular complexity index is 476. The number of carboxylic acids is 1. The van der Waals surface area contributed by atoms with Crippen LogP contribution in [-0.2, 0) is 14.3 Å². The van der Waals surface area contributed by atoms with Crippen molar-refractivity contribution in [1.29, 1.82) is 0 Å². The average Bonchev–Trinajstić information content (AvgIpc) is 3.24. The first-order chi connectivity index (χ1) is 11.2. The first kappa shape index (κ1) is 19.3. The molecule has 2 heterocycles. The standard InChI is InChI=1S/C17H28O7/c1-8(5-14(19)20)4-12-16(22)15(21)11(7-23-12)6-13-17(24-13)9(2)10(3)18/h5,9-13,15-18,21-22H,4,6-7H2,1-3H3,(H,19,20)/b8-5+/t9?,10?,11?,12?,13?,15-,16?,17?/m1/s1. The molecule has 2 saturated heterocycles. The number of rotatable bonds is 7. The van der Waals surface area contributed by atoms with E-state index < -0.39 is 30.4 Å². The van der Waals surface area contributed by atoms with Gasteiger partial charge in [-0.25, -0.2) is 4.79 Å². The quantitative estimate of drug-likeness (QED) is 0.388. The molecule has 7 nitrogen and oxygen atoms in total. The third kappa shape index (κ3) is 4.77. The fourth-order valence-electron chi connectivity index (χ4n) is 3.30. The van der Waals surface area contributed by atoms with Gasteiger partial charge in [-0.15, -0.1) is 0 Å². The van der Waals surface area contributed by atoms with Crippen molar-refractivity contribution in [3.63, 3.8) is 0 Å². The highest BCUT2D eigenvalue weighted by atomic mass is 16.6. The van der Waals surface area contributed by atoms with Crippen LogP contribution in [-0.4, -0.2) is 69.6 Å². The third-order valence-corrected chi connectivity index (χ3v) is 5.07. The van der Waals surface area contributed by atoms with Gasteiger partial charge in [-0.2, -0.15) is 0 Å². The minimum Gasteiger partial charge on any atom is -0.478 e. The van der Waals surface area contributed by atoms with Crippen LogP contribution >= 0.6 is 0 Å². The topological polar surface area (TPSA) is 120 Å². The molecule has 0 aromatic rings. The highest BCUT2D eigenvalue weighted by molar-refractivity contribution is 5.80. The SMILES string of the molecule is C/C(=C\C(=O)O)CC1OCC(CC2OC2C(C)C(C)O)[C@@H](O)C1O. The Morgan fingerprint density at radius 1 is 1.25 bits per heavy atom. The van der Waals surface area contributed by atoms with E-state index in [-0.39, 0.29) is 30.5 Å². The second-order valence-electron chi connectivity index (χ2n) is 7.12. The second kappa shape index (κ2) is 7.93. The van der Waals surface area contributed by atoms with E-state index in [1.165, 1.54) is 0 Å². The van der Waals surface area contributed by atoms with Crippen LogP contribution in [0, 0.1) is 11.8 Å². The molecule has 2 fully saturated rings. The van der Waals surface area contributed by atoms with Crippen LogP contribution in [0.15, 0.2) is 11.6 Å². The Hall–Kier alpha value is -0.990. The van der Waals surface area contributed by atoms with Crippen LogP contribution < -0.4 is 0 Å². The van der Waals surface area contributed by atoms with Crippen molar-refractivity contribution in [1.82, 2.24) is 0 Å². The lowest BCUT2D eigenvalue weighted by atomic mass is 9.85. The van der Waals surface area contributed by atoms with E-state index in [2.05, 4.69) is 0 Å². The van der Waals surface area contributed by atoms with Crippen molar-refractivity contribution in [2.75, 3.05) is 6.61 Å². The first-order valence-corrected chi connectivity index (χ1v) is 8.42. The summed E-state index contributed by atoms with van der Waals surface area (Å²) in [6, 6.07) is 0. The summed E-state index contributed by atoms with van der Waals surface area (Å²) in [6.07, 6.45) is -1.21. The molecule has 0 spiro atoms. The molecule has 0 aliphatic carbocycles. The second-order valence-corrected chi connectivity index (χ2v) is 7.12. The van der Waals surface area contributed by atoms with E-state index in [4.69, 9.17) is 14.6 Å². The Kier molecular flexibility index (Phi) is 6.39. The smallest absolute Gasteiger partial charge is 0.328 e. The number of ether oxygens (including phenoxy) is 2. The minimum atomic E-state index is -1.06. The van der Waals surface area contributed by atoms with Gasteiger partial charge in [-0.3, -0.25) is 0 Å². The molecule has 7 heteroatoms. The zero-order chi connectivity index (χ0) is 18.0. The molecule has 4 N–H and O–H groups in total. The van der Waals surface area contributed by atoms with Gasteiger partial charge in [-0.05, 0) is 26.7 Å². The Morgan fingerprint density at radius 3 is 2.50 bits per heavy atom. The van der Waals surface area contributed by atoms with E-state index in [1.54, 1.807) is 13.8 Å². The molecule has 138 valence electrons. The molecule has 8 atom stereocenters. The Balaban J connectivity index is 1.84. The molecule has 0 radical (unpaired) electrons. The number of epoxide rings is 1. The molecule has 7 unspecified atom stereocenters. The Morgan fingerprint density at radius 2 is 1.92 bits per heavy atom. The van der Waals surface area contributed by atoms with Gasteiger partial charge in [0.2, 0.25) is 0 Å². The summed E-state index contributed by atoms with van der Waals surface area (Å²) in [4.78, 5) is 10.7. The predicted molar refractivity (Wildman–Crippen MR) is 85.4 cm³/mol. The number of aliphatic carboxylic acids is 1. The van der Waals surface area contributed by atoms with Gasteiger partial charge in [0.1, 0.15) is 6.10 Å². The number of hydrogen-bond acceptors (Lipinski definition) is 6. The molecule has 24 heavy (non-hydrogen) atoms. The first-order valence-electron chi connectivity index (χ1n) is 8.42. The van der Waals surface area contributed by atoms with Crippen molar-refractivity contribution in [2.45, 2.75) is 70.2 Å². The fourth-order valence-corrected chi connectivity index (χ4v) is 3.30. The number of hydrogen-bond donors (Lipinski definition) is 4. The summed E-state index contributed by atoms with van der Waals surface area (Å²) >= 11 is 0. The van der Waals surface area contributed by atoms with Gasteiger partial charge in [0, 0.05) is 17.9 Å². The molecule has 0 saturated carbocycles. The van der Waals surface area contributed by atoms with E-state index in [1.807, 2.05) is 6.92 Å². The maximum Gasteiger partial charge on any atom is 0.328 e. The number of aliphatic hydroxyl groups excluding tert-OH is 3.